The number of imide groups is 2. The molecule has 8 nitrogen and oxygen atoms in total. The van der Waals surface area contributed by atoms with Crippen molar-refractivity contribution in [1.82, 2.24) is 0 Å². The average molecular weight is 770 g/mol. The van der Waals surface area contributed by atoms with Gasteiger partial charge in [0.15, 0.2) is 0 Å². The van der Waals surface area contributed by atoms with Crippen LogP contribution in [0.4, 0.5) is 15.8 Å². The van der Waals surface area contributed by atoms with Crippen molar-refractivity contribution >= 4 is 62.5 Å². The molecule has 2 saturated heterocycles. The molecular weight excluding hydrogens is 739 g/mol. The Labute approximate surface area is 306 Å². The van der Waals surface area contributed by atoms with Crippen LogP contribution in [0.5, 0.6) is 11.5 Å². The fourth-order valence-electron chi connectivity index (χ4n) is 8.67. The lowest BCUT2D eigenvalue weighted by Gasteiger charge is -2.49. The van der Waals surface area contributed by atoms with Crippen molar-refractivity contribution in [2.75, 3.05) is 9.80 Å². The lowest BCUT2D eigenvalue weighted by atomic mass is 9.51. The van der Waals surface area contributed by atoms with E-state index in [-0.39, 0.29) is 47.7 Å². The van der Waals surface area contributed by atoms with E-state index in [0.29, 0.717) is 17.0 Å². The van der Waals surface area contributed by atoms with Crippen LogP contribution >= 0.6 is 27.5 Å². The summed E-state index contributed by atoms with van der Waals surface area (Å²) in [7, 11) is 0. The molecule has 0 spiro atoms. The summed E-state index contributed by atoms with van der Waals surface area (Å²) in [5, 5.41) is 11.4. The molecule has 11 heteroatoms. The summed E-state index contributed by atoms with van der Waals surface area (Å²) in [4.78, 5) is 59.5. The van der Waals surface area contributed by atoms with E-state index in [9.17, 15) is 28.7 Å². The molecule has 2 aliphatic heterocycles. The zero-order chi connectivity index (χ0) is 35.8. The zero-order valence-electron chi connectivity index (χ0n) is 27.3. The van der Waals surface area contributed by atoms with Gasteiger partial charge in [-0.25, -0.2) is 9.29 Å². The van der Waals surface area contributed by atoms with E-state index in [0.717, 1.165) is 26.6 Å². The van der Waals surface area contributed by atoms with Crippen LogP contribution in [0.25, 0.3) is 0 Å². The molecule has 51 heavy (non-hydrogen) atoms. The number of rotatable bonds is 6. The van der Waals surface area contributed by atoms with Crippen LogP contribution in [0.3, 0.4) is 0 Å². The number of carbonyl (C=O) groups excluding carboxylic acids is 4. The largest absolute Gasteiger partial charge is 0.508 e. The summed E-state index contributed by atoms with van der Waals surface area (Å²) in [5.41, 5.74) is 1.23. The number of hydrogen-bond donors (Lipinski definition) is 1. The minimum atomic E-state index is -1.41. The molecule has 0 aromatic heterocycles. The van der Waals surface area contributed by atoms with Gasteiger partial charge in [0.25, 0.3) is 0 Å². The number of anilines is 2. The van der Waals surface area contributed by atoms with Crippen LogP contribution in [0, 0.1) is 34.9 Å². The number of benzene rings is 4. The third kappa shape index (κ3) is 5.21. The first kappa shape index (κ1) is 33.3. The summed E-state index contributed by atoms with van der Waals surface area (Å²) in [6, 6.07) is 25.1. The standard InChI is InChI=1S/C40H31BrClFN2O6/c1-40-30(37(48)45(39(40)50)24-11-16-32(43)31(42)17-24)19-29-26(14-15-28-34(29)38(49)44(36(28)47)23-9-7-22(41)8-10-23)35(40)27-13-12-25(18-33(27)46)51-20-21-5-3-2-4-6-21/h2-14,16-18,28-30,34-35,46H,15,19-20H2,1H3/t28-,29+,30-,34-,35+,40+/m0/s1. The van der Waals surface area contributed by atoms with Gasteiger partial charge in [0.2, 0.25) is 23.6 Å². The number of nitrogens with zero attached hydrogens (tertiary/aromatic N) is 2. The zero-order valence-corrected chi connectivity index (χ0v) is 29.6. The lowest BCUT2D eigenvalue weighted by Crippen LogP contribution is -2.48. The predicted molar refractivity (Wildman–Crippen MR) is 192 cm³/mol. The van der Waals surface area contributed by atoms with E-state index in [4.69, 9.17) is 16.3 Å². The average Bonchev–Trinajstić information content (AvgIpc) is 3.49. The Kier molecular flexibility index (Phi) is 8.14. The Bertz CT molecular complexity index is 2160. The molecule has 0 unspecified atom stereocenters. The number of fused-ring (bicyclic) bond motifs is 4. The van der Waals surface area contributed by atoms with E-state index in [2.05, 4.69) is 15.9 Å². The second-order valence-corrected chi connectivity index (χ2v) is 15.1. The van der Waals surface area contributed by atoms with Gasteiger partial charge in [0.05, 0.1) is 39.6 Å². The number of ether oxygens (including phenoxy) is 1. The maximum atomic E-state index is 14.7. The van der Waals surface area contributed by atoms with Crippen molar-refractivity contribution in [3.8, 4) is 11.5 Å². The molecule has 4 aromatic carbocycles. The molecule has 0 bridgehead atoms. The number of hydrogen-bond acceptors (Lipinski definition) is 6. The number of amides is 4. The summed E-state index contributed by atoms with van der Waals surface area (Å²) in [6.45, 7) is 1.98. The van der Waals surface area contributed by atoms with E-state index < -0.39 is 52.6 Å². The van der Waals surface area contributed by atoms with Crippen molar-refractivity contribution in [2.45, 2.75) is 32.3 Å². The third-order valence-electron chi connectivity index (χ3n) is 11.1. The minimum Gasteiger partial charge on any atom is -0.508 e. The highest BCUT2D eigenvalue weighted by molar-refractivity contribution is 9.10. The molecular formula is C40H31BrClFN2O6. The first-order chi connectivity index (χ1) is 24.5. The van der Waals surface area contributed by atoms with Crippen molar-refractivity contribution < 1.29 is 33.4 Å². The molecule has 4 aliphatic rings. The predicted octanol–water partition coefficient (Wildman–Crippen LogP) is 7.96. The Morgan fingerprint density at radius 3 is 2.31 bits per heavy atom. The van der Waals surface area contributed by atoms with Crippen molar-refractivity contribution in [2.24, 2.45) is 29.1 Å². The van der Waals surface area contributed by atoms with Gasteiger partial charge in [-0.3, -0.25) is 24.1 Å². The molecule has 3 fully saturated rings. The Balaban J connectivity index is 1.22. The van der Waals surface area contributed by atoms with Crippen LogP contribution in [-0.4, -0.2) is 28.7 Å². The quantitative estimate of drug-likeness (QED) is 0.158. The van der Waals surface area contributed by atoms with Gasteiger partial charge >= 0.3 is 0 Å². The molecule has 0 radical (unpaired) electrons. The molecule has 8 rings (SSSR count). The van der Waals surface area contributed by atoms with Gasteiger partial charge in [-0.2, -0.15) is 0 Å². The maximum absolute atomic E-state index is 14.7. The number of phenols is 1. The number of halogens is 3. The highest BCUT2D eigenvalue weighted by Gasteiger charge is 2.68. The van der Waals surface area contributed by atoms with E-state index >= 15 is 0 Å². The maximum Gasteiger partial charge on any atom is 0.241 e. The van der Waals surface area contributed by atoms with Gasteiger partial charge in [-0.05, 0) is 79.8 Å². The van der Waals surface area contributed by atoms with E-state index in [1.807, 2.05) is 36.4 Å². The molecule has 258 valence electrons. The normalized spacial score (nSPS) is 26.9. The minimum absolute atomic E-state index is 0.127. The van der Waals surface area contributed by atoms with Crippen LogP contribution in [0.15, 0.2) is 107 Å². The van der Waals surface area contributed by atoms with E-state index in [1.165, 1.54) is 23.1 Å². The SMILES string of the molecule is C[C@@]12C(=O)N(c3ccc(F)c(Cl)c3)C(=O)[C@@H]1C[C@@H]1C(=CC[C@@H]3C(=O)N(c4ccc(Br)cc4)C(=O)[C@@H]31)[C@@H]2c1ccc(OCc2ccccc2)cc1O. The third-order valence-corrected chi connectivity index (χ3v) is 11.9. The number of allylic oxidation sites excluding steroid dienone is 2. The van der Waals surface area contributed by atoms with E-state index in [1.54, 1.807) is 43.3 Å². The highest BCUT2D eigenvalue weighted by Crippen LogP contribution is 2.64. The van der Waals surface area contributed by atoms with Crippen LogP contribution in [-0.2, 0) is 25.8 Å². The second-order valence-electron chi connectivity index (χ2n) is 13.7. The summed E-state index contributed by atoms with van der Waals surface area (Å²) in [5.74, 6) is -5.92. The molecule has 1 N–H and O–H groups in total. The van der Waals surface area contributed by atoms with Gasteiger partial charge < -0.3 is 9.84 Å². The van der Waals surface area contributed by atoms with Crippen molar-refractivity contribution in [3.63, 3.8) is 0 Å². The lowest BCUT2D eigenvalue weighted by molar-refractivity contribution is -0.131. The monoisotopic (exact) mass is 768 g/mol. The van der Waals surface area contributed by atoms with Gasteiger partial charge in [0.1, 0.15) is 23.9 Å². The molecule has 2 aliphatic carbocycles. The fraction of sp³-hybridized carbons (Fsp3) is 0.250. The number of aromatic hydroxyl groups is 1. The summed E-state index contributed by atoms with van der Waals surface area (Å²) < 4.78 is 21.0. The van der Waals surface area contributed by atoms with Crippen LogP contribution < -0.4 is 14.5 Å². The first-order valence-electron chi connectivity index (χ1n) is 16.7. The Morgan fingerprint density at radius 2 is 1.61 bits per heavy atom. The topological polar surface area (TPSA) is 104 Å². The van der Waals surface area contributed by atoms with Gasteiger partial charge in [0, 0.05) is 22.0 Å². The number of carbonyl (C=O) groups is 4. The molecule has 4 amide bonds. The van der Waals surface area contributed by atoms with Gasteiger partial charge in [-0.1, -0.05) is 75.6 Å². The first-order valence-corrected chi connectivity index (χ1v) is 17.8. The van der Waals surface area contributed by atoms with Gasteiger partial charge in [-0.15, -0.1) is 0 Å². The summed E-state index contributed by atoms with van der Waals surface area (Å²) >= 11 is 9.51. The molecule has 6 atom stereocenters. The number of phenolic OH excluding ortho intramolecular Hbond substituents is 1. The van der Waals surface area contributed by atoms with Crippen molar-refractivity contribution in [3.05, 3.63) is 129 Å². The highest BCUT2D eigenvalue weighted by atomic mass is 79.9. The Morgan fingerprint density at radius 1 is 0.882 bits per heavy atom. The summed E-state index contributed by atoms with van der Waals surface area (Å²) in [6.07, 6.45) is 2.30. The smallest absolute Gasteiger partial charge is 0.241 e. The Hall–Kier alpha value is -4.80. The molecule has 4 aromatic rings. The molecule has 1 saturated carbocycles. The fourth-order valence-corrected chi connectivity index (χ4v) is 9.11. The van der Waals surface area contributed by atoms with Crippen LogP contribution in [0.2, 0.25) is 5.02 Å². The second kappa shape index (κ2) is 12.5. The van der Waals surface area contributed by atoms with Crippen LogP contribution in [0.1, 0.15) is 36.8 Å². The van der Waals surface area contributed by atoms with Crippen molar-refractivity contribution in [1.29, 1.82) is 0 Å². The molecule has 2 heterocycles.